The van der Waals surface area contributed by atoms with Crippen LogP contribution in [0, 0.1) is 5.41 Å². The second kappa shape index (κ2) is 8.63. The number of nitrogens with one attached hydrogen (secondary N) is 1. The fourth-order valence-corrected chi connectivity index (χ4v) is 2.90. The van der Waals surface area contributed by atoms with Crippen LogP contribution in [0.1, 0.15) is 58.8 Å². The molecule has 0 radical (unpaired) electrons. The molecule has 0 aliphatic carbocycles. The second-order valence-electron chi connectivity index (χ2n) is 6.98. The summed E-state index contributed by atoms with van der Waals surface area (Å²) in [6.45, 7) is 7.62. The van der Waals surface area contributed by atoms with Crippen molar-refractivity contribution in [2.24, 2.45) is 5.41 Å². The van der Waals surface area contributed by atoms with E-state index in [2.05, 4.69) is 31.1 Å². The van der Waals surface area contributed by atoms with Crippen molar-refractivity contribution in [3.63, 3.8) is 0 Å². The monoisotopic (exact) mass is 284 g/mol. The molecule has 1 aliphatic rings. The van der Waals surface area contributed by atoms with Crippen molar-refractivity contribution in [2.75, 3.05) is 26.7 Å². The van der Waals surface area contributed by atoms with E-state index in [1.807, 2.05) is 0 Å². The summed E-state index contributed by atoms with van der Waals surface area (Å²) in [6.07, 6.45) is 7.36. The average molecular weight is 284 g/mol. The summed E-state index contributed by atoms with van der Waals surface area (Å²) in [6, 6.07) is 0.747. The molecule has 4 nitrogen and oxygen atoms in total. The number of nitrogens with zero attached hydrogens (tertiary/aromatic N) is 1. The van der Waals surface area contributed by atoms with Gasteiger partial charge in [-0.05, 0) is 64.2 Å². The molecule has 1 unspecified atom stereocenters. The molecule has 1 aliphatic heterocycles. The molecule has 0 aromatic heterocycles. The highest BCUT2D eigenvalue weighted by atomic mass is 16.4. The SMILES string of the molecule is CN1CCCCC1CCNCCC(C)(C)CCC(=O)O. The van der Waals surface area contributed by atoms with E-state index < -0.39 is 5.97 Å². The summed E-state index contributed by atoms with van der Waals surface area (Å²) in [5.74, 6) is -0.689. The Labute approximate surface area is 123 Å². The van der Waals surface area contributed by atoms with Crippen LogP contribution in [0.2, 0.25) is 0 Å². The van der Waals surface area contributed by atoms with Crippen molar-refractivity contribution in [2.45, 2.75) is 64.8 Å². The number of rotatable bonds is 9. The highest BCUT2D eigenvalue weighted by Gasteiger charge is 2.20. The fraction of sp³-hybridized carbons (Fsp3) is 0.938. The number of aliphatic carboxylic acids is 1. The molecule has 118 valence electrons. The smallest absolute Gasteiger partial charge is 0.303 e. The van der Waals surface area contributed by atoms with Gasteiger partial charge in [-0.3, -0.25) is 4.79 Å². The van der Waals surface area contributed by atoms with E-state index in [9.17, 15) is 4.79 Å². The molecule has 0 aromatic rings. The van der Waals surface area contributed by atoms with Crippen LogP contribution in [-0.4, -0.2) is 48.7 Å². The Kier molecular flexibility index (Phi) is 7.52. The van der Waals surface area contributed by atoms with E-state index in [-0.39, 0.29) is 11.8 Å². The van der Waals surface area contributed by atoms with Crippen LogP contribution in [0.25, 0.3) is 0 Å². The quantitative estimate of drug-likeness (QED) is 0.639. The molecule has 4 heteroatoms. The lowest BCUT2D eigenvalue weighted by Crippen LogP contribution is -2.38. The predicted octanol–water partition coefficient (Wildman–Crippen LogP) is 2.73. The van der Waals surface area contributed by atoms with Crippen LogP contribution in [0.15, 0.2) is 0 Å². The normalized spacial score (nSPS) is 21.1. The molecule has 0 amide bonds. The maximum atomic E-state index is 10.6. The van der Waals surface area contributed by atoms with Gasteiger partial charge in [-0.15, -0.1) is 0 Å². The maximum Gasteiger partial charge on any atom is 0.303 e. The Balaban J connectivity index is 2.07. The molecule has 1 atom stereocenters. The highest BCUT2D eigenvalue weighted by molar-refractivity contribution is 5.66. The first-order valence-corrected chi connectivity index (χ1v) is 8.03. The third-order valence-electron chi connectivity index (χ3n) is 4.57. The van der Waals surface area contributed by atoms with Crippen molar-refractivity contribution < 1.29 is 9.90 Å². The minimum Gasteiger partial charge on any atom is -0.481 e. The molecule has 0 aromatic carbocycles. The lowest BCUT2D eigenvalue weighted by Gasteiger charge is -2.32. The van der Waals surface area contributed by atoms with E-state index >= 15 is 0 Å². The zero-order valence-electron chi connectivity index (χ0n) is 13.5. The fourth-order valence-electron chi connectivity index (χ4n) is 2.90. The van der Waals surface area contributed by atoms with Crippen molar-refractivity contribution in [1.82, 2.24) is 10.2 Å². The van der Waals surface area contributed by atoms with Crippen LogP contribution in [0.5, 0.6) is 0 Å². The molecule has 0 spiro atoms. The van der Waals surface area contributed by atoms with Gasteiger partial charge in [0.25, 0.3) is 0 Å². The van der Waals surface area contributed by atoms with Crippen molar-refractivity contribution in [3.8, 4) is 0 Å². The number of carbonyl (C=O) groups is 1. The molecule has 0 saturated carbocycles. The van der Waals surface area contributed by atoms with Crippen molar-refractivity contribution >= 4 is 5.97 Å². The summed E-state index contributed by atoms with van der Waals surface area (Å²) in [4.78, 5) is 13.1. The largest absolute Gasteiger partial charge is 0.481 e. The van der Waals surface area contributed by atoms with Crippen LogP contribution in [0.3, 0.4) is 0 Å². The van der Waals surface area contributed by atoms with E-state index in [1.54, 1.807) is 0 Å². The summed E-state index contributed by atoms with van der Waals surface area (Å²) < 4.78 is 0. The van der Waals surface area contributed by atoms with Gasteiger partial charge in [0.05, 0.1) is 0 Å². The first-order chi connectivity index (χ1) is 9.41. The lowest BCUT2D eigenvalue weighted by atomic mass is 9.84. The third-order valence-corrected chi connectivity index (χ3v) is 4.57. The Morgan fingerprint density at radius 1 is 1.30 bits per heavy atom. The van der Waals surface area contributed by atoms with Crippen molar-refractivity contribution in [3.05, 3.63) is 0 Å². The molecule has 20 heavy (non-hydrogen) atoms. The number of carboxylic acid groups (broad SMARTS) is 1. The molecule has 0 bridgehead atoms. The van der Waals surface area contributed by atoms with Crippen LogP contribution in [0.4, 0.5) is 0 Å². The van der Waals surface area contributed by atoms with E-state index in [4.69, 9.17) is 5.11 Å². The molecule has 1 saturated heterocycles. The number of hydrogen-bond acceptors (Lipinski definition) is 3. The summed E-state index contributed by atoms with van der Waals surface area (Å²) in [5.41, 5.74) is 0.118. The van der Waals surface area contributed by atoms with Gasteiger partial charge >= 0.3 is 5.97 Å². The van der Waals surface area contributed by atoms with Gasteiger partial charge in [-0.1, -0.05) is 20.3 Å². The standard InChI is InChI=1S/C16H32N2O2/c1-16(2,9-7-15(19)20)10-12-17-11-8-14-6-4-5-13-18(14)3/h14,17H,4-13H2,1-3H3,(H,19,20). The Morgan fingerprint density at radius 2 is 2.05 bits per heavy atom. The number of piperidine rings is 1. The average Bonchev–Trinajstić information content (AvgIpc) is 2.38. The van der Waals surface area contributed by atoms with Crippen LogP contribution >= 0.6 is 0 Å². The van der Waals surface area contributed by atoms with E-state index in [0.29, 0.717) is 0 Å². The Bertz CT molecular complexity index is 292. The van der Waals surface area contributed by atoms with Gasteiger partial charge in [-0.2, -0.15) is 0 Å². The van der Waals surface area contributed by atoms with Crippen molar-refractivity contribution in [1.29, 1.82) is 0 Å². The summed E-state index contributed by atoms with van der Waals surface area (Å²) >= 11 is 0. The minimum absolute atomic E-state index is 0.118. The number of hydrogen-bond donors (Lipinski definition) is 2. The molecule has 1 fully saturated rings. The van der Waals surface area contributed by atoms with E-state index in [1.165, 1.54) is 32.2 Å². The zero-order valence-corrected chi connectivity index (χ0v) is 13.5. The Morgan fingerprint density at radius 3 is 2.70 bits per heavy atom. The summed E-state index contributed by atoms with van der Waals surface area (Å²) in [5, 5.41) is 12.3. The molecule has 2 N–H and O–H groups in total. The predicted molar refractivity (Wildman–Crippen MR) is 83.0 cm³/mol. The minimum atomic E-state index is -0.689. The third kappa shape index (κ3) is 7.25. The molecular formula is C16H32N2O2. The number of carboxylic acids is 1. The molecule has 1 heterocycles. The first-order valence-electron chi connectivity index (χ1n) is 8.03. The molecular weight excluding hydrogens is 252 g/mol. The van der Waals surface area contributed by atoms with Gasteiger partial charge in [0, 0.05) is 12.5 Å². The van der Waals surface area contributed by atoms with E-state index in [0.717, 1.165) is 32.0 Å². The van der Waals surface area contributed by atoms with Gasteiger partial charge in [0.2, 0.25) is 0 Å². The summed E-state index contributed by atoms with van der Waals surface area (Å²) in [7, 11) is 2.23. The second-order valence-corrected chi connectivity index (χ2v) is 6.98. The van der Waals surface area contributed by atoms with Gasteiger partial charge < -0.3 is 15.3 Å². The first kappa shape index (κ1) is 17.4. The number of likely N-dealkylation sites (tertiary alicyclic amines) is 1. The molecule has 1 rings (SSSR count). The van der Waals surface area contributed by atoms with Crippen LogP contribution < -0.4 is 5.32 Å². The zero-order chi connectivity index (χ0) is 15.0. The van der Waals surface area contributed by atoms with Crippen LogP contribution in [-0.2, 0) is 4.79 Å². The lowest BCUT2D eigenvalue weighted by molar-refractivity contribution is -0.137. The van der Waals surface area contributed by atoms with Gasteiger partial charge in [-0.25, -0.2) is 0 Å². The topological polar surface area (TPSA) is 52.6 Å². The maximum absolute atomic E-state index is 10.6. The van der Waals surface area contributed by atoms with Gasteiger partial charge in [0.1, 0.15) is 0 Å². The van der Waals surface area contributed by atoms with Gasteiger partial charge in [0.15, 0.2) is 0 Å². The Hall–Kier alpha value is -0.610. The highest BCUT2D eigenvalue weighted by Crippen LogP contribution is 2.26.